The highest BCUT2D eigenvalue weighted by Gasteiger charge is 2.16. The van der Waals surface area contributed by atoms with E-state index in [-0.39, 0.29) is 30.8 Å². The molecule has 0 aliphatic rings. The largest absolute Gasteiger partial charge is 0.356 e. The first-order valence-electron chi connectivity index (χ1n) is 9.77. The quantitative estimate of drug-likeness (QED) is 0.437. The minimum atomic E-state index is -0.303. The summed E-state index contributed by atoms with van der Waals surface area (Å²) in [6.07, 6.45) is 0.166. The number of hydrogen-bond donors (Lipinski definition) is 3. The Morgan fingerprint density at radius 3 is 2.63 bits per heavy atom. The number of rotatable bonds is 7. The van der Waals surface area contributed by atoms with Gasteiger partial charge in [0, 0.05) is 35.5 Å². The van der Waals surface area contributed by atoms with E-state index in [1.165, 1.54) is 0 Å². The van der Waals surface area contributed by atoms with Crippen molar-refractivity contribution in [1.29, 1.82) is 0 Å². The summed E-state index contributed by atoms with van der Waals surface area (Å²) in [6, 6.07) is 20.6. The fourth-order valence-corrected chi connectivity index (χ4v) is 3.20. The average Bonchev–Trinajstić information content (AvgIpc) is 3.42. The van der Waals surface area contributed by atoms with Crippen LogP contribution in [-0.2, 0) is 4.79 Å². The first-order valence-corrected chi connectivity index (χ1v) is 9.77. The van der Waals surface area contributed by atoms with Crippen molar-refractivity contribution in [2.45, 2.75) is 19.4 Å². The van der Waals surface area contributed by atoms with Crippen LogP contribution in [0.1, 0.15) is 35.6 Å². The number of carbonyl (C=O) groups excluding carboxylic acids is 2. The normalized spacial score (nSPS) is 11.9. The highest BCUT2D eigenvalue weighted by molar-refractivity contribution is 5.98. The summed E-state index contributed by atoms with van der Waals surface area (Å²) in [5.41, 5.74) is 2.94. The van der Waals surface area contributed by atoms with Gasteiger partial charge in [0.15, 0.2) is 5.76 Å². The number of H-pyrrole nitrogens is 1. The second kappa shape index (κ2) is 8.65. The molecule has 0 aliphatic carbocycles. The van der Waals surface area contributed by atoms with Crippen molar-refractivity contribution in [1.82, 2.24) is 20.8 Å². The zero-order valence-electron chi connectivity index (χ0n) is 16.5. The second-order valence-corrected chi connectivity index (χ2v) is 7.05. The van der Waals surface area contributed by atoms with Crippen molar-refractivity contribution in [2.75, 3.05) is 6.54 Å². The van der Waals surface area contributed by atoms with Crippen molar-refractivity contribution in [2.24, 2.45) is 0 Å². The lowest BCUT2D eigenvalue weighted by atomic mass is 10.1. The number of nitrogens with zero attached hydrogens (tertiary/aromatic N) is 1. The van der Waals surface area contributed by atoms with Gasteiger partial charge in [-0.1, -0.05) is 53.7 Å². The topological polar surface area (TPSA) is 100 Å². The Hall–Kier alpha value is -3.87. The molecule has 2 aromatic heterocycles. The molecule has 0 saturated carbocycles. The van der Waals surface area contributed by atoms with Crippen LogP contribution in [0.15, 0.2) is 71.3 Å². The van der Waals surface area contributed by atoms with Crippen LogP contribution in [0.4, 0.5) is 0 Å². The summed E-state index contributed by atoms with van der Waals surface area (Å²) < 4.78 is 5.38. The van der Waals surface area contributed by atoms with Crippen molar-refractivity contribution >= 4 is 22.7 Å². The standard InChI is InChI=1S/C23H22N4O3/c1-15(19-14-21(30-27-19)16-7-3-2-4-8-16)25-22(28)11-12-24-23(29)20-13-17-9-5-6-10-18(17)26-20/h2-10,13-15,26H,11-12H2,1H3,(H,24,29)(H,25,28). The molecular formula is C23H22N4O3. The SMILES string of the molecule is CC(NC(=O)CCNC(=O)c1cc2ccccc2[nH]1)c1cc(-c2ccccc2)on1. The summed E-state index contributed by atoms with van der Waals surface area (Å²) in [7, 11) is 0. The molecule has 7 nitrogen and oxygen atoms in total. The zero-order valence-corrected chi connectivity index (χ0v) is 16.5. The second-order valence-electron chi connectivity index (χ2n) is 7.05. The van der Waals surface area contributed by atoms with E-state index < -0.39 is 0 Å². The molecular weight excluding hydrogens is 380 g/mol. The van der Waals surface area contributed by atoms with Gasteiger partial charge >= 0.3 is 0 Å². The first kappa shape index (κ1) is 19.4. The molecule has 1 unspecified atom stereocenters. The van der Waals surface area contributed by atoms with E-state index in [2.05, 4.69) is 20.8 Å². The zero-order chi connectivity index (χ0) is 20.9. The Bertz CT molecular complexity index is 1130. The molecule has 1 atom stereocenters. The summed E-state index contributed by atoms with van der Waals surface area (Å²) >= 11 is 0. The summed E-state index contributed by atoms with van der Waals surface area (Å²) in [5.74, 6) is 0.233. The predicted molar refractivity (Wildman–Crippen MR) is 114 cm³/mol. The number of aromatic amines is 1. The highest BCUT2D eigenvalue weighted by Crippen LogP contribution is 2.22. The van der Waals surface area contributed by atoms with E-state index in [9.17, 15) is 9.59 Å². The number of para-hydroxylation sites is 1. The summed E-state index contributed by atoms with van der Waals surface area (Å²) in [6.45, 7) is 2.08. The molecule has 2 amide bonds. The Labute approximate surface area is 173 Å². The fraction of sp³-hybridized carbons (Fsp3) is 0.174. The third kappa shape index (κ3) is 4.41. The molecule has 0 fully saturated rings. The molecule has 0 radical (unpaired) electrons. The minimum absolute atomic E-state index is 0.166. The van der Waals surface area contributed by atoms with Gasteiger partial charge in [-0.05, 0) is 19.1 Å². The summed E-state index contributed by atoms with van der Waals surface area (Å²) in [4.78, 5) is 27.6. The van der Waals surface area contributed by atoms with Crippen LogP contribution >= 0.6 is 0 Å². The lowest BCUT2D eigenvalue weighted by Gasteiger charge is -2.11. The molecule has 0 spiro atoms. The van der Waals surface area contributed by atoms with Crippen molar-refractivity contribution in [3.63, 3.8) is 0 Å². The number of aromatic nitrogens is 2. The van der Waals surface area contributed by atoms with Gasteiger partial charge in [0.05, 0.1) is 6.04 Å². The van der Waals surface area contributed by atoms with Gasteiger partial charge in [-0.2, -0.15) is 0 Å². The molecule has 2 aromatic carbocycles. The molecule has 30 heavy (non-hydrogen) atoms. The third-order valence-corrected chi connectivity index (χ3v) is 4.82. The van der Waals surface area contributed by atoms with Crippen LogP contribution in [0.25, 0.3) is 22.2 Å². The van der Waals surface area contributed by atoms with Gasteiger partial charge in [0.1, 0.15) is 11.4 Å². The Morgan fingerprint density at radius 1 is 1.07 bits per heavy atom. The monoisotopic (exact) mass is 402 g/mol. The molecule has 2 heterocycles. The maximum Gasteiger partial charge on any atom is 0.267 e. The van der Waals surface area contributed by atoms with Crippen LogP contribution < -0.4 is 10.6 Å². The Kier molecular flexibility index (Phi) is 5.61. The maximum atomic E-state index is 12.3. The van der Waals surface area contributed by atoms with E-state index in [4.69, 9.17) is 4.52 Å². The van der Waals surface area contributed by atoms with Gasteiger partial charge in [-0.25, -0.2) is 0 Å². The first-order chi connectivity index (χ1) is 14.6. The van der Waals surface area contributed by atoms with E-state index in [0.29, 0.717) is 17.1 Å². The van der Waals surface area contributed by atoms with Gasteiger partial charge in [-0.15, -0.1) is 0 Å². The van der Waals surface area contributed by atoms with Crippen LogP contribution in [0.2, 0.25) is 0 Å². The van der Waals surface area contributed by atoms with Crippen LogP contribution in [0, 0.1) is 0 Å². The molecule has 0 saturated heterocycles. The van der Waals surface area contributed by atoms with Crippen LogP contribution in [0.3, 0.4) is 0 Å². The summed E-state index contributed by atoms with van der Waals surface area (Å²) in [5, 5.41) is 10.7. The minimum Gasteiger partial charge on any atom is -0.356 e. The van der Waals surface area contributed by atoms with Crippen LogP contribution in [-0.4, -0.2) is 28.5 Å². The van der Waals surface area contributed by atoms with Crippen molar-refractivity contribution in [3.8, 4) is 11.3 Å². The number of nitrogens with one attached hydrogen (secondary N) is 3. The average molecular weight is 402 g/mol. The number of hydrogen-bond acceptors (Lipinski definition) is 4. The number of benzene rings is 2. The molecule has 4 rings (SSSR count). The van der Waals surface area contributed by atoms with Gasteiger partial charge in [0.2, 0.25) is 5.91 Å². The lowest BCUT2D eigenvalue weighted by molar-refractivity contribution is -0.121. The van der Waals surface area contributed by atoms with Crippen LogP contribution in [0.5, 0.6) is 0 Å². The molecule has 0 bridgehead atoms. The molecule has 0 aliphatic heterocycles. The van der Waals surface area contributed by atoms with E-state index in [1.54, 1.807) is 6.07 Å². The number of carbonyl (C=O) groups is 2. The van der Waals surface area contributed by atoms with E-state index in [1.807, 2.05) is 67.6 Å². The number of fused-ring (bicyclic) bond motifs is 1. The smallest absolute Gasteiger partial charge is 0.267 e. The molecule has 152 valence electrons. The Balaban J connectivity index is 1.26. The van der Waals surface area contributed by atoms with Gasteiger partial charge in [-0.3, -0.25) is 9.59 Å². The van der Waals surface area contributed by atoms with Crippen molar-refractivity contribution in [3.05, 3.63) is 78.1 Å². The Morgan fingerprint density at radius 2 is 1.83 bits per heavy atom. The third-order valence-electron chi connectivity index (χ3n) is 4.82. The molecule has 4 aromatic rings. The maximum absolute atomic E-state index is 12.3. The van der Waals surface area contributed by atoms with E-state index >= 15 is 0 Å². The predicted octanol–water partition coefficient (Wildman–Crippen LogP) is 3.82. The number of amides is 2. The van der Waals surface area contributed by atoms with E-state index in [0.717, 1.165) is 16.5 Å². The molecule has 3 N–H and O–H groups in total. The van der Waals surface area contributed by atoms with Gasteiger partial charge < -0.3 is 20.1 Å². The lowest BCUT2D eigenvalue weighted by Crippen LogP contribution is -2.32. The van der Waals surface area contributed by atoms with Crippen molar-refractivity contribution < 1.29 is 14.1 Å². The highest BCUT2D eigenvalue weighted by atomic mass is 16.5. The van der Waals surface area contributed by atoms with Gasteiger partial charge in [0.25, 0.3) is 5.91 Å². The fourth-order valence-electron chi connectivity index (χ4n) is 3.20. The molecule has 7 heteroatoms.